The Kier molecular flexibility index (Phi) is 8.39. The van der Waals surface area contributed by atoms with Crippen LogP contribution in [-0.4, -0.2) is 65.0 Å². The lowest BCUT2D eigenvalue weighted by Crippen LogP contribution is -2.48. The van der Waals surface area contributed by atoms with Gasteiger partial charge in [-0.3, -0.25) is 0 Å². The summed E-state index contributed by atoms with van der Waals surface area (Å²) in [5.41, 5.74) is 10.8. The van der Waals surface area contributed by atoms with Crippen molar-refractivity contribution in [3.05, 3.63) is 59.8 Å². The number of carboxylic acid groups (broad SMARTS) is 2. The van der Waals surface area contributed by atoms with Gasteiger partial charge in [-0.05, 0) is 6.07 Å². The Morgan fingerprint density at radius 1 is 1.22 bits per heavy atom. The van der Waals surface area contributed by atoms with Crippen LogP contribution < -0.4 is 16.4 Å². The van der Waals surface area contributed by atoms with E-state index in [0.717, 1.165) is 6.07 Å². The number of carbonyl (C=O) groups excluding carboxylic acids is 1. The minimum atomic E-state index is -2.65. The van der Waals surface area contributed by atoms with E-state index in [0.29, 0.717) is 17.9 Å². The second kappa shape index (κ2) is 13.1. The number of nitrogens with zero attached hydrogens (tertiary/aromatic N) is 4. The zero-order chi connectivity index (χ0) is 30.0. The Labute approximate surface area is 212 Å². The van der Waals surface area contributed by atoms with Gasteiger partial charge in [-0.1, -0.05) is 23.4 Å². The largest absolute Gasteiger partial charge is 0.478 e. The Hall–Kier alpha value is -5.08. The molecule has 3 rings (SSSR count). The molecule has 6 N–H and O–H groups in total. The number of halogens is 2. The number of oxime groups is 1. The van der Waals surface area contributed by atoms with Gasteiger partial charge in [-0.2, -0.15) is 0 Å². The molecule has 0 unspecified atom stereocenters. The lowest BCUT2D eigenvalue weighted by Gasteiger charge is -2.33. The van der Waals surface area contributed by atoms with Crippen molar-refractivity contribution in [2.24, 2.45) is 21.6 Å². The third-order valence-electron chi connectivity index (χ3n) is 4.37. The van der Waals surface area contributed by atoms with Crippen LogP contribution in [0.3, 0.4) is 0 Å². The highest BCUT2D eigenvalue weighted by atomic mass is 19.1. The van der Waals surface area contributed by atoms with Crippen molar-refractivity contribution < 1.29 is 47.1 Å². The van der Waals surface area contributed by atoms with Gasteiger partial charge in [-0.25, -0.2) is 28.1 Å². The van der Waals surface area contributed by atoms with Gasteiger partial charge >= 0.3 is 18.0 Å². The van der Waals surface area contributed by atoms with Crippen LogP contribution in [0.5, 0.6) is 0 Å². The number of hydrogen-bond acceptors (Lipinski definition) is 8. The monoisotopic (exact) mass is 523 g/mol. The number of guanidine groups is 1. The third-order valence-corrected chi connectivity index (χ3v) is 4.37. The molecule has 2 heterocycles. The Morgan fingerprint density at radius 3 is 2.46 bits per heavy atom. The van der Waals surface area contributed by atoms with Gasteiger partial charge in [0.2, 0.25) is 0 Å². The number of nitrogens with two attached hydrogens (primary N) is 2. The lowest BCUT2D eigenvalue weighted by molar-refractivity contribution is -0.134. The molecule has 15 heteroatoms. The molecule has 2 aromatic rings. The van der Waals surface area contributed by atoms with Crippen LogP contribution in [-0.2, 0) is 25.8 Å². The van der Waals surface area contributed by atoms with E-state index in [1.165, 1.54) is 29.3 Å². The van der Waals surface area contributed by atoms with Crippen molar-refractivity contribution in [3.8, 4) is 11.1 Å². The maximum absolute atomic E-state index is 14.9. The summed E-state index contributed by atoms with van der Waals surface area (Å²) in [6.07, 6.45) is 1.33. The molecule has 0 aliphatic carbocycles. The average molecular weight is 523 g/mol. The van der Waals surface area contributed by atoms with Crippen LogP contribution in [0.15, 0.2) is 52.8 Å². The predicted molar refractivity (Wildman–Crippen MR) is 127 cm³/mol. The summed E-state index contributed by atoms with van der Waals surface area (Å²) in [7, 11) is -2.65. The Balaban J connectivity index is 0.000000611. The molecule has 1 aromatic heterocycles. The molecule has 0 bridgehead atoms. The molecular weight excluding hydrogens is 498 g/mol. The lowest BCUT2D eigenvalue weighted by atomic mass is 10.0. The first kappa shape index (κ1) is 23.7. The fourth-order valence-electron chi connectivity index (χ4n) is 2.81. The molecule has 0 atom stereocenters. The highest BCUT2D eigenvalue weighted by Gasteiger charge is 2.26. The Morgan fingerprint density at radius 2 is 1.89 bits per heavy atom. The normalized spacial score (nSPS) is 13.6. The molecule has 1 aliphatic heterocycles. The SMILES string of the molecule is O=C(O)/C=C\C(=O)O.[2H]C([2H])([2H])ON=C1CN(c2ncc(-c3cccc(COC(=O)N=C(N)N)c3F)cc2F)C1. The molecule has 0 spiro atoms. The van der Waals surface area contributed by atoms with E-state index in [1.807, 2.05) is 0 Å². The number of pyridine rings is 1. The fraction of sp³-hybridized carbons (Fsp3) is 0.182. The van der Waals surface area contributed by atoms with E-state index in [1.54, 1.807) is 0 Å². The second-order valence-electron chi connectivity index (χ2n) is 7.01. The van der Waals surface area contributed by atoms with Gasteiger partial charge in [0, 0.05) is 35.0 Å². The molecule has 196 valence electrons. The quantitative estimate of drug-likeness (QED) is 0.177. The number of amides is 1. The van der Waals surface area contributed by atoms with Crippen LogP contribution in [0.2, 0.25) is 0 Å². The second-order valence-corrected chi connectivity index (χ2v) is 7.01. The van der Waals surface area contributed by atoms with Gasteiger partial charge in [0.05, 0.1) is 22.9 Å². The first-order valence-corrected chi connectivity index (χ1v) is 9.98. The van der Waals surface area contributed by atoms with Crippen molar-refractivity contribution in [2.45, 2.75) is 6.61 Å². The van der Waals surface area contributed by atoms with E-state index in [9.17, 15) is 23.2 Å². The number of ether oxygens (including phenoxy) is 1. The number of carboxylic acids is 2. The summed E-state index contributed by atoms with van der Waals surface area (Å²) in [4.78, 5) is 43.6. The van der Waals surface area contributed by atoms with E-state index in [-0.39, 0.29) is 35.6 Å². The predicted octanol–water partition coefficient (Wildman–Crippen LogP) is 1.47. The maximum atomic E-state index is 14.9. The average Bonchev–Trinajstić information content (AvgIpc) is 2.81. The zero-order valence-electron chi connectivity index (χ0n) is 21.8. The van der Waals surface area contributed by atoms with Gasteiger partial charge < -0.3 is 36.2 Å². The van der Waals surface area contributed by atoms with Crippen LogP contribution in [0.1, 0.15) is 9.68 Å². The highest BCUT2D eigenvalue weighted by Crippen LogP contribution is 2.29. The number of anilines is 1. The molecule has 1 aromatic carbocycles. The van der Waals surface area contributed by atoms with Crippen LogP contribution in [0.4, 0.5) is 19.4 Å². The topological polar surface area (TPSA) is 203 Å². The molecule has 0 radical (unpaired) electrons. The van der Waals surface area contributed by atoms with E-state index in [4.69, 9.17) is 30.5 Å². The molecule has 1 fully saturated rings. The minimum absolute atomic E-state index is 0.00399. The minimum Gasteiger partial charge on any atom is -0.478 e. The number of rotatable bonds is 7. The van der Waals surface area contributed by atoms with Crippen LogP contribution in [0.25, 0.3) is 11.1 Å². The van der Waals surface area contributed by atoms with E-state index >= 15 is 0 Å². The molecule has 1 amide bonds. The third kappa shape index (κ3) is 8.57. The van der Waals surface area contributed by atoms with E-state index in [2.05, 4.69) is 20.0 Å². The van der Waals surface area contributed by atoms with Gasteiger partial charge in [0.1, 0.15) is 19.5 Å². The van der Waals surface area contributed by atoms with Gasteiger partial charge in [0.25, 0.3) is 0 Å². The van der Waals surface area contributed by atoms with Crippen LogP contribution >= 0.6 is 0 Å². The zero-order valence-corrected chi connectivity index (χ0v) is 18.8. The highest BCUT2D eigenvalue weighted by molar-refractivity contribution is 5.99. The Bertz CT molecular complexity index is 1340. The number of aliphatic carboxylic acids is 2. The summed E-state index contributed by atoms with van der Waals surface area (Å²) in [5.74, 6) is -4.43. The fourth-order valence-corrected chi connectivity index (χ4v) is 2.81. The van der Waals surface area contributed by atoms with Gasteiger partial charge in [-0.15, -0.1) is 4.99 Å². The summed E-state index contributed by atoms with van der Waals surface area (Å²) in [6.45, 7) is -0.147. The molecule has 37 heavy (non-hydrogen) atoms. The molecular formula is C22H22F2N6O7. The van der Waals surface area contributed by atoms with Crippen molar-refractivity contribution >= 4 is 35.5 Å². The van der Waals surface area contributed by atoms with Crippen molar-refractivity contribution in [1.29, 1.82) is 0 Å². The van der Waals surface area contributed by atoms with Crippen LogP contribution in [0, 0.1) is 11.6 Å². The number of benzene rings is 1. The summed E-state index contributed by atoms with van der Waals surface area (Å²) in [5, 5.41) is 19.1. The maximum Gasteiger partial charge on any atom is 0.437 e. The summed E-state index contributed by atoms with van der Waals surface area (Å²) < 4.78 is 55.1. The number of hydrogen-bond donors (Lipinski definition) is 4. The van der Waals surface area contributed by atoms with E-state index < -0.39 is 49.3 Å². The molecule has 1 aliphatic rings. The number of carbonyl (C=O) groups is 3. The van der Waals surface area contributed by atoms with Crippen molar-refractivity contribution in [3.63, 3.8) is 0 Å². The van der Waals surface area contributed by atoms with Crippen molar-refractivity contribution in [1.82, 2.24) is 4.98 Å². The molecule has 0 saturated carbocycles. The smallest absolute Gasteiger partial charge is 0.437 e. The standard InChI is InChI=1S/C18H18F2N6O3.C4H4O4/c1-28-25-12-7-26(8-12)16-14(19)5-11(6-23-16)13-4-2-3-10(15(13)20)9-29-18(27)24-17(21)22;5-3(6)1-2-4(7)8/h2-6H,7-9H2,1H3,(H4,21,22,24,27);1-2H,(H,5,6)(H,7,8)/b;2-1-/i1D3;. The van der Waals surface area contributed by atoms with Gasteiger partial charge in [0.15, 0.2) is 17.6 Å². The number of aliphatic imine (C=N–C) groups is 1. The van der Waals surface area contributed by atoms with Crippen molar-refractivity contribution in [2.75, 3.05) is 25.0 Å². The first-order chi connectivity index (χ1) is 18.7. The summed E-state index contributed by atoms with van der Waals surface area (Å²) in [6, 6.07) is 5.44. The first-order valence-electron chi connectivity index (χ1n) is 11.5. The summed E-state index contributed by atoms with van der Waals surface area (Å²) >= 11 is 0. The number of aromatic nitrogens is 1. The molecule has 13 nitrogen and oxygen atoms in total. The molecule has 1 saturated heterocycles.